The zero-order valence-corrected chi connectivity index (χ0v) is 12.4. The third-order valence-corrected chi connectivity index (χ3v) is 4.30. The van der Waals surface area contributed by atoms with Crippen LogP contribution in [0.3, 0.4) is 0 Å². The van der Waals surface area contributed by atoms with Gasteiger partial charge in [-0.1, -0.05) is 41.6 Å². The number of esters is 1. The first-order valence-electron chi connectivity index (χ1n) is 5.78. The molecular weight excluding hydrogens is 347 g/mol. The molecule has 18 heavy (non-hydrogen) atoms. The van der Waals surface area contributed by atoms with E-state index < -0.39 is 9.71 Å². The topological polar surface area (TPSA) is 55.8 Å². The van der Waals surface area contributed by atoms with Gasteiger partial charge in [-0.05, 0) is 25.0 Å². The molecule has 0 amide bonds. The number of aliphatic hydroxyl groups excluding tert-OH is 1. The summed E-state index contributed by atoms with van der Waals surface area (Å²) in [4.78, 5) is 12.0. The minimum Gasteiger partial charge on any atom is -0.425 e. The van der Waals surface area contributed by atoms with Gasteiger partial charge in [-0.15, -0.1) is 0 Å². The van der Waals surface area contributed by atoms with E-state index >= 15 is 0 Å². The van der Waals surface area contributed by atoms with E-state index in [0.29, 0.717) is 24.3 Å². The van der Waals surface area contributed by atoms with Crippen LogP contribution in [0.1, 0.15) is 37.7 Å². The van der Waals surface area contributed by atoms with Gasteiger partial charge in [-0.3, -0.25) is 4.79 Å². The molecule has 1 aromatic carbocycles. The molecule has 1 aromatic rings. The Morgan fingerprint density at radius 1 is 1.67 bits per heavy atom. The van der Waals surface area contributed by atoms with E-state index in [1.54, 1.807) is 12.1 Å². The summed E-state index contributed by atoms with van der Waals surface area (Å²) in [6, 6.07) is 5.32. The van der Waals surface area contributed by atoms with Crippen LogP contribution in [0.5, 0.6) is 5.75 Å². The minimum atomic E-state index is -1.01. The summed E-state index contributed by atoms with van der Waals surface area (Å²) in [7, 11) is 0. The number of benzene rings is 1. The van der Waals surface area contributed by atoms with Crippen LogP contribution in [0.15, 0.2) is 18.2 Å². The van der Waals surface area contributed by atoms with Crippen LogP contribution in [0.2, 0.25) is 0 Å². The van der Waals surface area contributed by atoms with Gasteiger partial charge in [0.2, 0.25) is 0 Å². The van der Waals surface area contributed by atoms with E-state index in [1.807, 2.05) is 19.9 Å². The number of fused-ring (bicyclic) bond motifs is 1. The Balaban J connectivity index is 2.26. The highest BCUT2D eigenvalue weighted by molar-refractivity contribution is 14.1. The summed E-state index contributed by atoms with van der Waals surface area (Å²) in [5.41, 5.74) is 1.42. The van der Waals surface area contributed by atoms with E-state index in [2.05, 4.69) is 22.6 Å². The average molecular weight is 362 g/mol. The highest BCUT2D eigenvalue weighted by atomic mass is 127. The van der Waals surface area contributed by atoms with E-state index in [-0.39, 0.29) is 5.97 Å². The molecule has 0 aliphatic carbocycles. The Morgan fingerprint density at radius 3 is 3.06 bits per heavy atom. The number of hydrogen-bond acceptors (Lipinski definition) is 4. The Bertz CT molecular complexity index is 470. The van der Waals surface area contributed by atoms with Crippen molar-refractivity contribution in [3.8, 4) is 5.75 Å². The predicted octanol–water partition coefficient (Wildman–Crippen LogP) is 2.72. The molecule has 0 aromatic heterocycles. The first-order chi connectivity index (χ1) is 8.45. The highest BCUT2D eigenvalue weighted by Crippen LogP contribution is 2.37. The Labute approximate surface area is 119 Å². The van der Waals surface area contributed by atoms with E-state index in [1.165, 1.54) is 0 Å². The lowest BCUT2D eigenvalue weighted by molar-refractivity contribution is -0.136. The van der Waals surface area contributed by atoms with E-state index in [4.69, 9.17) is 9.47 Å². The van der Waals surface area contributed by atoms with E-state index in [9.17, 15) is 9.90 Å². The second-order valence-corrected chi connectivity index (χ2v) is 6.81. The molecule has 4 nitrogen and oxygen atoms in total. The molecule has 0 bridgehead atoms. The van der Waals surface area contributed by atoms with Crippen LogP contribution in [-0.2, 0) is 16.1 Å². The van der Waals surface area contributed by atoms with Crippen molar-refractivity contribution in [1.82, 2.24) is 0 Å². The molecule has 0 fully saturated rings. The van der Waals surface area contributed by atoms with Gasteiger partial charge in [0.25, 0.3) is 0 Å². The monoisotopic (exact) mass is 362 g/mol. The van der Waals surface area contributed by atoms with Crippen molar-refractivity contribution < 1.29 is 19.4 Å². The molecule has 0 saturated carbocycles. The molecule has 5 heteroatoms. The van der Waals surface area contributed by atoms with Crippen LogP contribution in [0, 0.1) is 0 Å². The van der Waals surface area contributed by atoms with Crippen molar-refractivity contribution >= 4 is 28.6 Å². The Kier molecular flexibility index (Phi) is 3.93. The fraction of sp³-hybridized carbons (Fsp3) is 0.462. The number of hydrogen-bond donors (Lipinski definition) is 1. The van der Waals surface area contributed by atoms with Crippen LogP contribution in [-0.4, -0.2) is 14.5 Å². The maximum atomic E-state index is 12.0. The van der Waals surface area contributed by atoms with Crippen molar-refractivity contribution in [3.63, 3.8) is 0 Å². The van der Waals surface area contributed by atoms with E-state index in [0.717, 1.165) is 5.56 Å². The average Bonchev–Trinajstić information content (AvgIpc) is 2.72. The molecule has 2 atom stereocenters. The first-order valence-corrected chi connectivity index (χ1v) is 6.86. The number of alkyl halides is 1. The van der Waals surface area contributed by atoms with Crippen molar-refractivity contribution in [2.45, 2.75) is 36.6 Å². The first kappa shape index (κ1) is 13.8. The van der Waals surface area contributed by atoms with Gasteiger partial charge < -0.3 is 14.6 Å². The number of halogens is 1. The number of carbonyl (C=O) groups excluding carboxylic acids is 1. The molecule has 98 valence electrons. The number of rotatable bonds is 3. The van der Waals surface area contributed by atoms with Gasteiger partial charge in [0, 0.05) is 0 Å². The predicted molar refractivity (Wildman–Crippen MR) is 74.5 cm³/mol. The molecule has 2 unspecified atom stereocenters. The van der Waals surface area contributed by atoms with Crippen molar-refractivity contribution in [1.29, 1.82) is 0 Å². The molecule has 1 aliphatic heterocycles. The number of ether oxygens (including phenoxy) is 2. The Morgan fingerprint density at radius 2 is 2.39 bits per heavy atom. The third kappa shape index (κ3) is 2.53. The van der Waals surface area contributed by atoms with Gasteiger partial charge in [0.15, 0.2) is 6.29 Å². The standard InChI is InChI=1S/C13H15IO4/c1-3-13(2,14)12(16)18-9-6-4-5-8-7-17-11(15)10(8)9/h4-6,11,15H,3,7H2,1-2H3. The zero-order chi connectivity index (χ0) is 13.3. The fourth-order valence-electron chi connectivity index (χ4n) is 1.69. The molecule has 2 rings (SSSR count). The van der Waals surface area contributed by atoms with Crippen LogP contribution in [0.25, 0.3) is 0 Å². The fourth-order valence-corrected chi connectivity index (χ4v) is 1.80. The van der Waals surface area contributed by atoms with Gasteiger partial charge in [-0.2, -0.15) is 0 Å². The van der Waals surface area contributed by atoms with Crippen molar-refractivity contribution in [3.05, 3.63) is 29.3 Å². The Hall–Kier alpha value is -0.660. The second kappa shape index (κ2) is 5.14. The smallest absolute Gasteiger partial charge is 0.327 e. The SMILES string of the molecule is CCC(C)(I)C(=O)Oc1cccc2c1C(O)OC2. The lowest BCUT2D eigenvalue weighted by Gasteiger charge is -2.19. The number of carbonyl (C=O) groups is 1. The maximum absolute atomic E-state index is 12.0. The highest BCUT2D eigenvalue weighted by Gasteiger charge is 2.32. The molecular formula is C13H15IO4. The third-order valence-electron chi connectivity index (χ3n) is 3.09. The largest absolute Gasteiger partial charge is 0.425 e. The zero-order valence-electron chi connectivity index (χ0n) is 10.3. The van der Waals surface area contributed by atoms with Crippen molar-refractivity contribution in [2.24, 2.45) is 0 Å². The van der Waals surface area contributed by atoms with Gasteiger partial charge in [-0.25, -0.2) is 0 Å². The molecule has 1 heterocycles. The summed E-state index contributed by atoms with van der Waals surface area (Å²) in [6.07, 6.45) is -0.327. The van der Waals surface area contributed by atoms with Crippen LogP contribution >= 0.6 is 22.6 Å². The number of aliphatic hydroxyl groups is 1. The molecule has 0 saturated heterocycles. The van der Waals surface area contributed by atoms with Gasteiger partial charge in [0.1, 0.15) is 9.17 Å². The normalized spacial score (nSPS) is 21.2. The van der Waals surface area contributed by atoms with Crippen molar-refractivity contribution in [2.75, 3.05) is 0 Å². The molecule has 1 aliphatic rings. The van der Waals surface area contributed by atoms with Crippen LogP contribution < -0.4 is 4.74 Å². The molecule has 0 radical (unpaired) electrons. The maximum Gasteiger partial charge on any atom is 0.327 e. The minimum absolute atomic E-state index is 0.307. The van der Waals surface area contributed by atoms with Gasteiger partial charge >= 0.3 is 5.97 Å². The summed E-state index contributed by atoms with van der Waals surface area (Å²) < 4.78 is 9.95. The molecule has 1 N–H and O–H groups in total. The summed E-state index contributed by atoms with van der Waals surface area (Å²) >= 11 is 2.08. The lowest BCUT2D eigenvalue weighted by Crippen LogP contribution is -2.32. The summed E-state index contributed by atoms with van der Waals surface area (Å²) in [5, 5.41) is 9.72. The summed E-state index contributed by atoms with van der Waals surface area (Å²) in [5.74, 6) is 0.0805. The second-order valence-electron chi connectivity index (χ2n) is 4.43. The van der Waals surface area contributed by atoms with Gasteiger partial charge in [0.05, 0.1) is 12.2 Å². The lowest BCUT2D eigenvalue weighted by atomic mass is 10.1. The quantitative estimate of drug-likeness (QED) is 0.389. The van der Waals surface area contributed by atoms with Crippen LogP contribution in [0.4, 0.5) is 0 Å². The molecule has 0 spiro atoms. The summed E-state index contributed by atoms with van der Waals surface area (Å²) in [6.45, 7) is 4.10.